The highest BCUT2D eigenvalue weighted by atomic mass is 32.1. The second-order valence-corrected chi connectivity index (χ2v) is 4.72. The van der Waals surface area contributed by atoms with E-state index in [4.69, 9.17) is 21.4 Å². The molecule has 6 heteroatoms. The number of hydrogen-bond donors (Lipinski definition) is 1. The van der Waals surface area contributed by atoms with Crippen LogP contribution in [0.4, 0.5) is 0 Å². The fraction of sp³-hybridized carbons (Fsp3) is 0.333. The first-order chi connectivity index (χ1) is 10.2. The molecule has 5 nitrogen and oxygen atoms in total. The molecule has 1 atom stereocenters. The SMILES string of the molecule is CCN(CC)C(=S)Oc1cnccc1C(O)c1ccco1. The molecular weight excluding hydrogens is 288 g/mol. The zero-order valence-electron chi connectivity index (χ0n) is 12.0. The summed E-state index contributed by atoms with van der Waals surface area (Å²) >= 11 is 5.27. The van der Waals surface area contributed by atoms with Gasteiger partial charge < -0.3 is 19.2 Å². The van der Waals surface area contributed by atoms with Gasteiger partial charge in [-0.2, -0.15) is 0 Å². The molecule has 0 radical (unpaired) electrons. The van der Waals surface area contributed by atoms with Gasteiger partial charge in [0.2, 0.25) is 0 Å². The van der Waals surface area contributed by atoms with Crippen LogP contribution >= 0.6 is 12.2 Å². The van der Waals surface area contributed by atoms with Gasteiger partial charge in [-0.3, -0.25) is 4.98 Å². The van der Waals surface area contributed by atoms with E-state index >= 15 is 0 Å². The fourth-order valence-electron chi connectivity index (χ4n) is 1.94. The van der Waals surface area contributed by atoms with Crippen molar-refractivity contribution in [3.63, 3.8) is 0 Å². The molecule has 0 bridgehead atoms. The summed E-state index contributed by atoms with van der Waals surface area (Å²) in [4.78, 5) is 5.94. The Hall–Kier alpha value is -1.92. The van der Waals surface area contributed by atoms with Crippen LogP contribution < -0.4 is 4.74 Å². The number of rotatable bonds is 5. The van der Waals surface area contributed by atoms with Gasteiger partial charge in [0.1, 0.15) is 11.9 Å². The van der Waals surface area contributed by atoms with Crippen LogP contribution in [0.5, 0.6) is 5.75 Å². The second kappa shape index (κ2) is 7.19. The maximum absolute atomic E-state index is 10.4. The molecule has 0 aliphatic carbocycles. The van der Waals surface area contributed by atoms with E-state index in [1.807, 2.05) is 18.7 Å². The summed E-state index contributed by atoms with van der Waals surface area (Å²) in [5.41, 5.74) is 0.564. The van der Waals surface area contributed by atoms with Crippen molar-refractivity contribution in [1.29, 1.82) is 0 Å². The number of pyridine rings is 1. The molecule has 2 aromatic heterocycles. The number of aliphatic hydroxyl groups excluding tert-OH is 1. The number of aliphatic hydroxyl groups is 1. The number of ether oxygens (including phenoxy) is 1. The number of nitrogens with zero attached hydrogens (tertiary/aromatic N) is 2. The summed E-state index contributed by atoms with van der Waals surface area (Å²) in [6.45, 7) is 5.51. The van der Waals surface area contributed by atoms with Crippen molar-refractivity contribution in [1.82, 2.24) is 9.88 Å². The van der Waals surface area contributed by atoms with Crippen LogP contribution in [0.2, 0.25) is 0 Å². The molecular formula is C15H18N2O3S. The molecule has 21 heavy (non-hydrogen) atoms. The van der Waals surface area contributed by atoms with E-state index in [1.165, 1.54) is 12.5 Å². The standard InChI is InChI=1S/C15H18N2O3S/c1-3-17(4-2)15(21)20-13-10-16-8-7-11(13)14(18)12-6-5-9-19-12/h5-10,14,18H,3-4H2,1-2H3. The van der Waals surface area contributed by atoms with Gasteiger partial charge in [-0.15, -0.1) is 0 Å². The summed E-state index contributed by atoms with van der Waals surface area (Å²) in [5, 5.41) is 10.7. The van der Waals surface area contributed by atoms with Crippen molar-refractivity contribution in [2.75, 3.05) is 13.1 Å². The largest absolute Gasteiger partial charge is 0.466 e. The Bertz CT molecular complexity index is 582. The van der Waals surface area contributed by atoms with Crippen molar-refractivity contribution in [3.8, 4) is 5.75 Å². The van der Waals surface area contributed by atoms with Crippen molar-refractivity contribution < 1.29 is 14.3 Å². The number of hydrogen-bond acceptors (Lipinski definition) is 5. The average molecular weight is 306 g/mol. The lowest BCUT2D eigenvalue weighted by atomic mass is 10.1. The maximum atomic E-state index is 10.4. The van der Waals surface area contributed by atoms with Gasteiger partial charge in [0, 0.05) is 24.8 Å². The molecule has 0 spiro atoms. The molecule has 0 saturated carbocycles. The first-order valence-corrected chi connectivity index (χ1v) is 7.20. The van der Waals surface area contributed by atoms with Crippen molar-refractivity contribution >= 4 is 17.4 Å². The Balaban J connectivity index is 2.23. The van der Waals surface area contributed by atoms with Crippen LogP contribution in [0.15, 0.2) is 41.3 Å². The third-order valence-corrected chi connectivity index (χ3v) is 3.48. The molecule has 2 heterocycles. The minimum absolute atomic E-state index is 0.362. The highest BCUT2D eigenvalue weighted by molar-refractivity contribution is 7.80. The average Bonchev–Trinajstić information content (AvgIpc) is 3.02. The highest BCUT2D eigenvalue weighted by Gasteiger charge is 2.20. The number of thiocarbonyl (C=S) groups is 1. The van der Waals surface area contributed by atoms with E-state index in [-0.39, 0.29) is 0 Å². The molecule has 2 aromatic rings. The van der Waals surface area contributed by atoms with Crippen LogP contribution in [0, 0.1) is 0 Å². The topological polar surface area (TPSA) is 58.7 Å². The van der Waals surface area contributed by atoms with Crippen LogP contribution in [-0.4, -0.2) is 33.3 Å². The number of furan rings is 1. The molecule has 112 valence electrons. The van der Waals surface area contributed by atoms with Crippen LogP contribution in [0.3, 0.4) is 0 Å². The van der Waals surface area contributed by atoms with E-state index in [0.717, 1.165) is 13.1 Å². The Kier molecular flexibility index (Phi) is 5.30. The summed E-state index contributed by atoms with van der Waals surface area (Å²) < 4.78 is 10.9. The van der Waals surface area contributed by atoms with Gasteiger partial charge in [0.05, 0.1) is 12.5 Å². The minimum Gasteiger partial charge on any atom is -0.466 e. The summed E-state index contributed by atoms with van der Waals surface area (Å²) in [6.07, 6.45) is 3.73. The van der Waals surface area contributed by atoms with Crippen molar-refractivity contribution in [3.05, 3.63) is 48.2 Å². The first kappa shape index (κ1) is 15.5. The second-order valence-electron chi connectivity index (χ2n) is 4.37. The molecule has 0 aromatic carbocycles. The molecule has 2 rings (SSSR count). The Morgan fingerprint density at radius 1 is 1.43 bits per heavy atom. The van der Waals surface area contributed by atoms with Crippen LogP contribution in [-0.2, 0) is 0 Å². The Labute approximate surface area is 129 Å². The number of aromatic nitrogens is 1. The highest BCUT2D eigenvalue weighted by Crippen LogP contribution is 2.29. The first-order valence-electron chi connectivity index (χ1n) is 6.79. The van der Waals surface area contributed by atoms with E-state index in [9.17, 15) is 5.11 Å². The summed E-state index contributed by atoms with van der Waals surface area (Å²) in [6, 6.07) is 5.12. The summed E-state index contributed by atoms with van der Waals surface area (Å²) in [5.74, 6) is 0.873. The van der Waals surface area contributed by atoms with Crippen LogP contribution in [0.1, 0.15) is 31.3 Å². The predicted molar refractivity (Wildman–Crippen MR) is 83.2 cm³/mol. The van der Waals surface area contributed by atoms with E-state index in [0.29, 0.717) is 22.2 Å². The third-order valence-electron chi connectivity index (χ3n) is 3.14. The van der Waals surface area contributed by atoms with Gasteiger partial charge in [-0.1, -0.05) is 0 Å². The maximum Gasteiger partial charge on any atom is 0.264 e. The van der Waals surface area contributed by atoms with Gasteiger partial charge in [0.25, 0.3) is 5.17 Å². The molecule has 1 N–H and O–H groups in total. The zero-order chi connectivity index (χ0) is 15.2. The Morgan fingerprint density at radius 3 is 2.81 bits per heavy atom. The quantitative estimate of drug-likeness (QED) is 0.857. The molecule has 0 aliphatic heterocycles. The zero-order valence-corrected chi connectivity index (χ0v) is 12.8. The molecule has 0 saturated heterocycles. The van der Waals surface area contributed by atoms with E-state index in [2.05, 4.69) is 4.98 Å². The van der Waals surface area contributed by atoms with Gasteiger partial charge in [-0.05, 0) is 44.3 Å². The van der Waals surface area contributed by atoms with E-state index in [1.54, 1.807) is 24.4 Å². The van der Waals surface area contributed by atoms with Crippen molar-refractivity contribution in [2.24, 2.45) is 0 Å². The molecule has 1 unspecified atom stereocenters. The smallest absolute Gasteiger partial charge is 0.264 e. The Morgan fingerprint density at radius 2 is 2.19 bits per heavy atom. The predicted octanol–water partition coefficient (Wildman–Crippen LogP) is 2.76. The lowest BCUT2D eigenvalue weighted by Gasteiger charge is -2.22. The lowest BCUT2D eigenvalue weighted by molar-refractivity contribution is 0.186. The van der Waals surface area contributed by atoms with Crippen molar-refractivity contribution in [2.45, 2.75) is 20.0 Å². The molecule has 0 amide bonds. The monoisotopic (exact) mass is 306 g/mol. The van der Waals surface area contributed by atoms with Crippen LogP contribution in [0.25, 0.3) is 0 Å². The molecule has 0 aliphatic rings. The van der Waals surface area contributed by atoms with E-state index < -0.39 is 6.10 Å². The summed E-state index contributed by atoms with van der Waals surface area (Å²) in [7, 11) is 0. The van der Waals surface area contributed by atoms with Gasteiger partial charge in [0.15, 0.2) is 5.75 Å². The lowest BCUT2D eigenvalue weighted by Crippen LogP contribution is -2.33. The van der Waals surface area contributed by atoms with Gasteiger partial charge in [-0.25, -0.2) is 0 Å². The van der Waals surface area contributed by atoms with Gasteiger partial charge >= 0.3 is 0 Å². The minimum atomic E-state index is -0.919. The molecule has 0 fully saturated rings. The third kappa shape index (κ3) is 3.59. The normalized spacial score (nSPS) is 12.0. The fourth-order valence-corrected chi connectivity index (χ4v) is 2.29.